The van der Waals surface area contributed by atoms with E-state index < -0.39 is 10.0 Å². The first-order valence-electron chi connectivity index (χ1n) is 4.98. The second kappa shape index (κ2) is 3.79. The lowest BCUT2D eigenvalue weighted by molar-refractivity contribution is 0.334. The molecule has 2 atom stereocenters. The molecule has 1 aliphatic carbocycles. The van der Waals surface area contributed by atoms with Crippen LogP contribution in [-0.4, -0.2) is 20.7 Å². The topological polar surface area (TPSA) is 86.2 Å². The van der Waals surface area contributed by atoms with Crippen molar-refractivity contribution in [3.05, 3.63) is 0 Å². The fourth-order valence-corrected chi connectivity index (χ4v) is 3.83. The van der Waals surface area contributed by atoms with E-state index in [9.17, 15) is 8.42 Å². The Morgan fingerprint density at radius 1 is 1.29 bits per heavy atom. The highest BCUT2D eigenvalue weighted by atomic mass is 32.2. The Morgan fingerprint density at radius 2 is 1.71 bits per heavy atom. The fourth-order valence-electron chi connectivity index (χ4n) is 2.62. The van der Waals surface area contributed by atoms with E-state index in [4.69, 9.17) is 10.9 Å². The molecule has 1 rings (SSSR count). The molecule has 0 saturated heterocycles. The monoisotopic (exact) mass is 220 g/mol. The van der Waals surface area contributed by atoms with Gasteiger partial charge in [0.2, 0.25) is 10.0 Å². The minimum atomic E-state index is -3.40. The molecule has 0 aliphatic heterocycles. The largest absolute Gasteiger partial charge is 0.330 e. The van der Waals surface area contributed by atoms with E-state index in [1.165, 1.54) is 0 Å². The summed E-state index contributed by atoms with van der Waals surface area (Å²) in [6.45, 7) is 4.70. The van der Waals surface area contributed by atoms with Gasteiger partial charge in [-0.15, -0.1) is 0 Å². The number of rotatable bonds is 3. The summed E-state index contributed by atoms with van der Waals surface area (Å²) in [6, 6.07) is 0. The van der Waals surface area contributed by atoms with E-state index in [1.807, 2.05) is 0 Å². The van der Waals surface area contributed by atoms with Crippen molar-refractivity contribution in [1.82, 2.24) is 0 Å². The van der Waals surface area contributed by atoms with Gasteiger partial charge >= 0.3 is 0 Å². The third-order valence-corrected chi connectivity index (χ3v) is 4.44. The maximum atomic E-state index is 11.1. The Hall–Kier alpha value is -0.130. The smallest absolute Gasteiger partial charge is 0.209 e. The van der Waals surface area contributed by atoms with Gasteiger partial charge in [0.25, 0.3) is 0 Å². The first-order chi connectivity index (χ1) is 6.28. The number of nitrogens with two attached hydrogens (primary N) is 2. The third kappa shape index (κ3) is 2.68. The lowest BCUT2D eigenvalue weighted by atomic mass is 9.87. The molecule has 4 N–H and O–H groups in total. The zero-order chi connectivity index (χ0) is 11.0. The first-order valence-corrected chi connectivity index (χ1v) is 6.70. The van der Waals surface area contributed by atoms with Gasteiger partial charge in [-0.05, 0) is 36.6 Å². The molecule has 1 saturated carbocycles. The molecular formula is C9H20N2O2S. The van der Waals surface area contributed by atoms with E-state index in [-0.39, 0.29) is 11.2 Å². The summed E-state index contributed by atoms with van der Waals surface area (Å²) in [6.07, 6.45) is 1.75. The van der Waals surface area contributed by atoms with Gasteiger partial charge in [-0.1, -0.05) is 13.8 Å². The minimum Gasteiger partial charge on any atom is -0.330 e. The SMILES string of the molecule is C[C@@H]1CC(CN)(CS(N)(=O)=O)C[C@H]1C. The minimum absolute atomic E-state index is 0.0329. The summed E-state index contributed by atoms with van der Waals surface area (Å²) in [5.74, 6) is 1.12. The predicted molar refractivity (Wildman–Crippen MR) is 57.0 cm³/mol. The van der Waals surface area contributed by atoms with Crippen LogP contribution in [0.2, 0.25) is 0 Å². The van der Waals surface area contributed by atoms with Crippen LogP contribution in [0.5, 0.6) is 0 Å². The van der Waals surface area contributed by atoms with Crippen LogP contribution < -0.4 is 10.9 Å². The van der Waals surface area contributed by atoms with Gasteiger partial charge < -0.3 is 5.73 Å². The summed E-state index contributed by atoms with van der Waals surface area (Å²) < 4.78 is 22.2. The molecule has 0 bridgehead atoms. The third-order valence-electron chi connectivity index (χ3n) is 3.42. The lowest BCUT2D eigenvalue weighted by Crippen LogP contribution is -2.38. The standard InChI is InChI=1S/C9H20N2O2S/c1-7-3-9(5-10,4-8(7)2)6-14(11,12)13/h7-8H,3-6,10H2,1-2H3,(H2,11,12,13)/t7-,8-/m1/s1. The summed E-state index contributed by atoms with van der Waals surface area (Å²) in [7, 11) is -3.40. The first kappa shape index (κ1) is 11.9. The maximum absolute atomic E-state index is 11.1. The molecule has 0 aromatic heterocycles. The van der Waals surface area contributed by atoms with Crippen molar-refractivity contribution < 1.29 is 8.42 Å². The molecule has 0 radical (unpaired) electrons. The second-order valence-electron chi connectivity index (χ2n) is 4.87. The van der Waals surface area contributed by atoms with Crippen LogP contribution in [0.25, 0.3) is 0 Å². The van der Waals surface area contributed by atoms with Gasteiger partial charge in [-0.25, -0.2) is 13.6 Å². The van der Waals surface area contributed by atoms with Crippen LogP contribution in [0.4, 0.5) is 0 Å². The summed E-state index contributed by atoms with van der Waals surface area (Å²) in [4.78, 5) is 0. The van der Waals surface area contributed by atoms with Gasteiger partial charge in [-0.2, -0.15) is 0 Å². The second-order valence-corrected chi connectivity index (χ2v) is 6.49. The molecule has 5 heteroatoms. The van der Waals surface area contributed by atoms with E-state index in [1.54, 1.807) is 0 Å². The van der Waals surface area contributed by atoms with E-state index >= 15 is 0 Å². The molecule has 0 unspecified atom stereocenters. The van der Waals surface area contributed by atoms with Crippen molar-refractivity contribution in [3.63, 3.8) is 0 Å². The molecule has 84 valence electrons. The molecule has 1 aliphatic rings. The summed E-state index contributed by atoms with van der Waals surface area (Å²) in [5, 5.41) is 5.08. The van der Waals surface area contributed by atoms with Gasteiger partial charge in [-0.3, -0.25) is 0 Å². The Balaban J connectivity index is 2.80. The Morgan fingerprint density at radius 3 is 2.00 bits per heavy atom. The van der Waals surface area contributed by atoms with Crippen molar-refractivity contribution in [2.75, 3.05) is 12.3 Å². The number of primary sulfonamides is 1. The molecule has 0 aromatic rings. The molecule has 0 spiro atoms. The summed E-state index contributed by atoms with van der Waals surface area (Å²) >= 11 is 0. The molecule has 1 fully saturated rings. The van der Waals surface area contributed by atoms with E-state index in [0.717, 1.165) is 12.8 Å². The lowest BCUT2D eigenvalue weighted by Gasteiger charge is -2.26. The van der Waals surface area contributed by atoms with Crippen LogP contribution >= 0.6 is 0 Å². The van der Waals surface area contributed by atoms with Gasteiger partial charge in [0.15, 0.2) is 0 Å². The highest BCUT2D eigenvalue weighted by Crippen LogP contribution is 2.45. The van der Waals surface area contributed by atoms with E-state index in [0.29, 0.717) is 18.4 Å². The molecule has 14 heavy (non-hydrogen) atoms. The molecule has 4 nitrogen and oxygen atoms in total. The van der Waals surface area contributed by atoms with Crippen molar-refractivity contribution in [2.24, 2.45) is 28.1 Å². The van der Waals surface area contributed by atoms with E-state index in [2.05, 4.69) is 13.8 Å². The zero-order valence-corrected chi connectivity index (χ0v) is 9.68. The molecule has 0 amide bonds. The normalized spacial score (nSPS) is 32.0. The Bertz CT molecular complexity index is 290. The zero-order valence-electron chi connectivity index (χ0n) is 8.86. The van der Waals surface area contributed by atoms with Crippen molar-refractivity contribution in [2.45, 2.75) is 26.7 Å². The molecule has 0 heterocycles. The molecular weight excluding hydrogens is 200 g/mol. The van der Waals surface area contributed by atoms with Crippen LogP contribution in [0.3, 0.4) is 0 Å². The highest BCUT2D eigenvalue weighted by molar-refractivity contribution is 7.89. The number of sulfonamides is 1. The highest BCUT2D eigenvalue weighted by Gasteiger charge is 2.42. The van der Waals surface area contributed by atoms with Gasteiger partial charge in [0.1, 0.15) is 0 Å². The van der Waals surface area contributed by atoms with Crippen LogP contribution in [0.1, 0.15) is 26.7 Å². The summed E-state index contributed by atoms with van der Waals surface area (Å²) in [5.41, 5.74) is 5.41. The van der Waals surface area contributed by atoms with Crippen LogP contribution in [-0.2, 0) is 10.0 Å². The quantitative estimate of drug-likeness (QED) is 0.716. The average Bonchev–Trinajstić information content (AvgIpc) is 2.25. The Labute approximate surface area is 86.1 Å². The average molecular weight is 220 g/mol. The van der Waals surface area contributed by atoms with Crippen molar-refractivity contribution in [3.8, 4) is 0 Å². The maximum Gasteiger partial charge on any atom is 0.209 e. The van der Waals surface area contributed by atoms with Crippen LogP contribution in [0.15, 0.2) is 0 Å². The fraction of sp³-hybridized carbons (Fsp3) is 1.00. The van der Waals surface area contributed by atoms with Crippen molar-refractivity contribution in [1.29, 1.82) is 0 Å². The molecule has 0 aromatic carbocycles. The Kier molecular flexibility index (Phi) is 3.23. The van der Waals surface area contributed by atoms with Gasteiger partial charge in [0.05, 0.1) is 5.75 Å². The van der Waals surface area contributed by atoms with Gasteiger partial charge in [0, 0.05) is 0 Å². The number of hydrogen-bond acceptors (Lipinski definition) is 3. The number of hydrogen-bond donors (Lipinski definition) is 2. The predicted octanol–water partition coefficient (Wildman–Crippen LogP) is 0.286. The van der Waals surface area contributed by atoms with Crippen molar-refractivity contribution >= 4 is 10.0 Å². The van der Waals surface area contributed by atoms with Crippen LogP contribution in [0, 0.1) is 17.3 Å².